The van der Waals surface area contributed by atoms with Crippen LogP contribution in [0.4, 0.5) is 11.8 Å². The van der Waals surface area contributed by atoms with Gasteiger partial charge in [-0.3, -0.25) is 9.69 Å². The number of hydrogen-bond acceptors (Lipinski definition) is 8. The van der Waals surface area contributed by atoms with E-state index in [0.717, 1.165) is 5.69 Å². The van der Waals surface area contributed by atoms with Crippen molar-refractivity contribution in [3.05, 3.63) is 24.2 Å². The van der Waals surface area contributed by atoms with Gasteiger partial charge in [0.15, 0.2) is 0 Å². The number of carboxylic acids is 1. The lowest BCUT2D eigenvalue weighted by Crippen LogP contribution is -2.35. The molecule has 3 N–H and O–H groups in total. The van der Waals surface area contributed by atoms with Gasteiger partial charge in [-0.2, -0.15) is 20.4 Å². The number of carboxylic acid groups (broad SMARTS) is 1. The summed E-state index contributed by atoms with van der Waals surface area (Å²) in [6.45, 7) is 2.73. The molecular formula is C14H20N8O2. The van der Waals surface area contributed by atoms with Crippen molar-refractivity contribution in [3.63, 3.8) is 0 Å². The molecule has 1 aliphatic heterocycles. The number of carbonyl (C=O) groups is 1. The molecule has 2 aromatic rings. The predicted molar refractivity (Wildman–Crippen MR) is 86.6 cm³/mol. The number of aliphatic carboxylic acids is 1. The maximum Gasteiger partial charge on any atom is 0.309 e. The second kappa shape index (κ2) is 7.21. The molecule has 0 saturated carbocycles. The van der Waals surface area contributed by atoms with Crippen molar-refractivity contribution in [1.29, 1.82) is 0 Å². The molecule has 0 amide bonds. The molecule has 3 rings (SSSR count). The van der Waals surface area contributed by atoms with Crippen LogP contribution in [0.5, 0.6) is 0 Å². The highest BCUT2D eigenvalue weighted by Gasteiger charge is 2.29. The number of nitrogens with zero attached hydrogens (tertiary/aromatic N) is 6. The Morgan fingerprint density at radius 1 is 1.46 bits per heavy atom. The lowest BCUT2D eigenvalue weighted by atomic mass is 10.1. The van der Waals surface area contributed by atoms with Crippen LogP contribution in [-0.2, 0) is 11.3 Å². The smallest absolute Gasteiger partial charge is 0.309 e. The monoisotopic (exact) mass is 332 g/mol. The number of anilines is 2. The number of aromatic nitrogens is 5. The number of hydrogen-bond donors (Lipinski definition) is 3. The molecule has 10 nitrogen and oxygen atoms in total. The van der Waals surface area contributed by atoms with Crippen LogP contribution in [0, 0.1) is 5.92 Å². The molecule has 3 heterocycles. The van der Waals surface area contributed by atoms with Gasteiger partial charge in [0, 0.05) is 46.0 Å². The van der Waals surface area contributed by atoms with E-state index in [9.17, 15) is 9.90 Å². The van der Waals surface area contributed by atoms with Gasteiger partial charge in [0.1, 0.15) is 5.82 Å². The van der Waals surface area contributed by atoms with Gasteiger partial charge in [0.05, 0.1) is 17.8 Å². The van der Waals surface area contributed by atoms with Crippen molar-refractivity contribution in [2.45, 2.75) is 6.54 Å². The highest BCUT2D eigenvalue weighted by atomic mass is 16.4. The fourth-order valence-corrected chi connectivity index (χ4v) is 2.73. The van der Waals surface area contributed by atoms with E-state index in [1.165, 1.54) is 0 Å². The lowest BCUT2D eigenvalue weighted by Gasteiger charge is -2.22. The summed E-state index contributed by atoms with van der Waals surface area (Å²) < 4.78 is 0. The zero-order valence-corrected chi connectivity index (χ0v) is 13.4. The van der Waals surface area contributed by atoms with Crippen molar-refractivity contribution in [3.8, 4) is 0 Å². The Hall–Kier alpha value is -2.75. The van der Waals surface area contributed by atoms with Gasteiger partial charge in [-0.1, -0.05) is 0 Å². The van der Waals surface area contributed by atoms with E-state index in [2.05, 4.69) is 35.6 Å². The zero-order chi connectivity index (χ0) is 16.9. The van der Waals surface area contributed by atoms with Gasteiger partial charge in [-0.05, 0) is 6.07 Å². The topological polar surface area (TPSA) is 123 Å². The van der Waals surface area contributed by atoms with Crippen molar-refractivity contribution >= 4 is 17.7 Å². The Balaban J connectivity index is 1.76. The molecule has 128 valence electrons. The molecule has 1 aliphatic rings. The molecule has 1 fully saturated rings. The average molecular weight is 332 g/mol. The highest BCUT2D eigenvalue weighted by molar-refractivity contribution is 5.71. The summed E-state index contributed by atoms with van der Waals surface area (Å²) in [5, 5.41) is 22.9. The van der Waals surface area contributed by atoms with Gasteiger partial charge < -0.3 is 15.3 Å². The Labute approximate surface area is 138 Å². The minimum atomic E-state index is -0.822. The van der Waals surface area contributed by atoms with E-state index >= 15 is 0 Å². The summed E-state index contributed by atoms with van der Waals surface area (Å²) in [6, 6.07) is 1.77. The molecule has 1 saturated heterocycles. The van der Waals surface area contributed by atoms with Crippen LogP contribution in [0.3, 0.4) is 0 Å². The van der Waals surface area contributed by atoms with Crippen LogP contribution < -0.4 is 10.2 Å². The van der Waals surface area contributed by atoms with Crippen LogP contribution in [0.15, 0.2) is 18.5 Å². The normalized spacial score (nSPS) is 19.0. The van der Waals surface area contributed by atoms with E-state index in [1.807, 2.05) is 4.90 Å². The third kappa shape index (κ3) is 3.77. The number of H-pyrrole nitrogens is 1. The molecule has 10 heteroatoms. The van der Waals surface area contributed by atoms with Gasteiger partial charge >= 0.3 is 5.97 Å². The number of nitrogens with one attached hydrogen (secondary N) is 2. The summed E-state index contributed by atoms with van der Waals surface area (Å²) in [5.41, 5.74) is 0.793. The summed E-state index contributed by atoms with van der Waals surface area (Å²) >= 11 is 0. The Morgan fingerprint density at radius 2 is 2.33 bits per heavy atom. The van der Waals surface area contributed by atoms with Crippen molar-refractivity contribution in [1.82, 2.24) is 30.3 Å². The molecule has 24 heavy (non-hydrogen) atoms. The summed E-state index contributed by atoms with van der Waals surface area (Å²) in [5.74, 6) is -0.106. The quantitative estimate of drug-likeness (QED) is 0.674. The molecule has 2 aromatic heterocycles. The average Bonchev–Trinajstić information content (AvgIpc) is 3.00. The predicted octanol–water partition coefficient (Wildman–Crippen LogP) is -0.341. The number of aromatic amines is 1. The first-order valence-electron chi connectivity index (χ1n) is 7.71. The zero-order valence-electron chi connectivity index (χ0n) is 13.4. The third-order valence-corrected chi connectivity index (χ3v) is 3.99. The van der Waals surface area contributed by atoms with E-state index in [1.54, 1.807) is 25.5 Å². The van der Waals surface area contributed by atoms with Gasteiger partial charge in [0.25, 0.3) is 0 Å². The SMILES string of the molecule is CNc1ccnc(N2CCN(Cc3cn[nH]n3)CC(C(=O)O)C2)n1. The minimum absolute atomic E-state index is 0.373. The summed E-state index contributed by atoms with van der Waals surface area (Å²) in [4.78, 5) is 24.3. The standard InChI is InChI=1S/C14H20N8O2/c1-15-12-2-3-16-14(18-12)22-5-4-21(7-10(8-22)13(23)24)9-11-6-17-20-19-11/h2-3,6,10H,4-5,7-9H2,1H3,(H,23,24)(H,15,16,18)(H,17,19,20). The maximum absolute atomic E-state index is 11.6. The van der Waals surface area contributed by atoms with E-state index < -0.39 is 11.9 Å². The van der Waals surface area contributed by atoms with E-state index in [-0.39, 0.29) is 0 Å². The van der Waals surface area contributed by atoms with Crippen LogP contribution in [0.2, 0.25) is 0 Å². The fourth-order valence-electron chi connectivity index (χ4n) is 2.73. The molecule has 0 spiro atoms. The fraction of sp³-hybridized carbons (Fsp3) is 0.500. The summed E-state index contributed by atoms with van der Waals surface area (Å²) in [6.07, 6.45) is 3.32. The Bertz CT molecular complexity index is 677. The number of rotatable bonds is 5. The second-order valence-corrected chi connectivity index (χ2v) is 5.67. The molecule has 0 aromatic carbocycles. The van der Waals surface area contributed by atoms with Gasteiger partial charge in [-0.15, -0.1) is 0 Å². The minimum Gasteiger partial charge on any atom is -0.481 e. The Kier molecular flexibility index (Phi) is 4.85. The van der Waals surface area contributed by atoms with Gasteiger partial charge in [-0.25, -0.2) is 4.98 Å². The van der Waals surface area contributed by atoms with Crippen LogP contribution >= 0.6 is 0 Å². The van der Waals surface area contributed by atoms with Crippen molar-refractivity contribution < 1.29 is 9.90 Å². The second-order valence-electron chi connectivity index (χ2n) is 5.67. The molecule has 0 aliphatic carbocycles. The highest BCUT2D eigenvalue weighted by Crippen LogP contribution is 2.17. The Morgan fingerprint density at radius 3 is 3.04 bits per heavy atom. The first kappa shape index (κ1) is 16.1. The molecule has 0 bridgehead atoms. The van der Waals surface area contributed by atoms with Crippen molar-refractivity contribution in [2.75, 3.05) is 43.4 Å². The van der Waals surface area contributed by atoms with Crippen molar-refractivity contribution in [2.24, 2.45) is 5.92 Å². The van der Waals surface area contributed by atoms with Crippen LogP contribution in [-0.4, -0.2) is 74.6 Å². The first-order valence-corrected chi connectivity index (χ1v) is 7.71. The van der Waals surface area contributed by atoms with Gasteiger partial charge in [0.2, 0.25) is 5.95 Å². The molecule has 1 unspecified atom stereocenters. The molecule has 1 atom stereocenters. The molecule has 0 radical (unpaired) electrons. The van der Waals surface area contributed by atoms with E-state index in [4.69, 9.17) is 0 Å². The first-order chi connectivity index (χ1) is 11.7. The largest absolute Gasteiger partial charge is 0.481 e. The molecular weight excluding hydrogens is 312 g/mol. The van der Waals surface area contributed by atoms with E-state index in [0.29, 0.717) is 44.5 Å². The maximum atomic E-state index is 11.6. The summed E-state index contributed by atoms with van der Waals surface area (Å²) in [7, 11) is 1.79. The third-order valence-electron chi connectivity index (χ3n) is 3.99. The van der Waals surface area contributed by atoms with Crippen LogP contribution in [0.1, 0.15) is 5.69 Å². The van der Waals surface area contributed by atoms with Crippen LogP contribution in [0.25, 0.3) is 0 Å². The lowest BCUT2D eigenvalue weighted by molar-refractivity contribution is -0.141.